The molecule has 1 aliphatic heterocycles. The van der Waals surface area contributed by atoms with Gasteiger partial charge in [-0.2, -0.15) is 0 Å². The molecule has 0 aromatic carbocycles. The summed E-state index contributed by atoms with van der Waals surface area (Å²) in [6.45, 7) is 9.46. The number of amides is 2. The smallest absolute Gasteiger partial charge is 0.328 e. The zero-order valence-electron chi connectivity index (χ0n) is 13.2. The van der Waals surface area contributed by atoms with Crippen molar-refractivity contribution >= 4 is 30.0 Å². The summed E-state index contributed by atoms with van der Waals surface area (Å²) in [5, 5.41) is 2.72. The van der Waals surface area contributed by atoms with Gasteiger partial charge in [0.2, 0.25) is 12.3 Å². The van der Waals surface area contributed by atoms with Crippen molar-refractivity contribution in [2.45, 2.75) is 51.6 Å². The molecule has 2 atom stereocenters. The third kappa shape index (κ3) is 4.12. The van der Waals surface area contributed by atoms with Crippen LogP contribution in [0.2, 0.25) is 0 Å². The second kappa shape index (κ2) is 7.15. The summed E-state index contributed by atoms with van der Waals surface area (Å²) < 4.78 is 4.98. The molecule has 120 valence electrons. The van der Waals surface area contributed by atoms with Crippen LogP contribution >= 0.6 is 11.8 Å². The Hall–Kier alpha value is -1.24. The van der Waals surface area contributed by atoms with Crippen LogP contribution in [0.3, 0.4) is 0 Å². The molecule has 21 heavy (non-hydrogen) atoms. The van der Waals surface area contributed by atoms with E-state index in [1.54, 1.807) is 18.7 Å². The van der Waals surface area contributed by atoms with E-state index in [1.165, 1.54) is 4.90 Å². The maximum atomic E-state index is 12.4. The van der Waals surface area contributed by atoms with E-state index in [0.29, 0.717) is 12.2 Å². The van der Waals surface area contributed by atoms with Crippen LogP contribution < -0.4 is 5.32 Å². The summed E-state index contributed by atoms with van der Waals surface area (Å²) in [6.07, 6.45) is 0.693. The summed E-state index contributed by atoms with van der Waals surface area (Å²) in [7, 11) is 0. The van der Waals surface area contributed by atoms with E-state index < -0.39 is 22.9 Å². The number of ether oxygens (including phenoxy) is 1. The fourth-order valence-electron chi connectivity index (χ4n) is 2.19. The van der Waals surface area contributed by atoms with Gasteiger partial charge in [0.15, 0.2) is 0 Å². The molecule has 1 saturated heterocycles. The van der Waals surface area contributed by atoms with Gasteiger partial charge in [0.1, 0.15) is 12.1 Å². The molecule has 0 radical (unpaired) electrons. The molecule has 0 aliphatic carbocycles. The third-order valence-corrected chi connectivity index (χ3v) is 4.87. The van der Waals surface area contributed by atoms with Crippen molar-refractivity contribution in [2.24, 2.45) is 5.92 Å². The van der Waals surface area contributed by atoms with Crippen LogP contribution in [0.15, 0.2) is 0 Å². The Morgan fingerprint density at radius 3 is 2.57 bits per heavy atom. The molecule has 1 N–H and O–H groups in total. The van der Waals surface area contributed by atoms with Gasteiger partial charge >= 0.3 is 5.97 Å². The first kappa shape index (κ1) is 17.8. The van der Waals surface area contributed by atoms with Crippen LogP contribution in [0.1, 0.15) is 34.6 Å². The number of carbonyl (C=O) groups is 3. The second-order valence-electron chi connectivity index (χ2n) is 5.77. The minimum atomic E-state index is -0.695. The molecule has 1 rings (SSSR count). The van der Waals surface area contributed by atoms with E-state index in [0.717, 1.165) is 0 Å². The molecule has 0 bridgehead atoms. The third-order valence-electron chi connectivity index (χ3n) is 3.47. The number of hydrogen-bond acceptors (Lipinski definition) is 5. The van der Waals surface area contributed by atoms with Crippen molar-refractivity contribution in [3.8, 4) is 0 Å². The lowest BCUT2D eigenvalue weighted by Gasteiger charge is -2.31. The molecular weight excluding hydrogens is 292 g/mol. The highest BCUT2D eigenvalue weighted by Crippen LogP contribution is 2.37. The molecule has 0 spiro atoms. The zero-order valence-corrected chi connectivity index (χ0v) is 14.0. The average molecular weight is 316 g/mol. The number of nitrogens with one attached hydrogen (secondary N) is 1. The normalized spacial score (nSPS) is 22.0. The summed E-state index contributed by atoms with van der Waals surface area (Å²) >= 11 is 1.54. The topological polar surface area (TPSA) is 75.7 Å². The van der Waals surface area contributed by atoms with Gasteiger partial charge in [-0.05, 0) is 26.7 Å². The Bertz CT molecular complexity index is 412. The van der Waals surface area contributed by atoms with Gasteiger partial charge in [0, 0.05) is 5.75 Å². The number of esters is 1. The molecule has 0 aromatic heterocycles. The van der Waals surface area contributed by atoms with Gasteiger partial charge in [0.05, 0.1) is 11.5 Å². The van der Waals surface area contributed by atoms with Crippen molar-refractivity contribution < 1.29 is 19.1 Å². The Morgan fingerprint density at radius 2 is 2.10 bits per heavy atom. The molecule has 0 saturated carbocycles. The summed E-state index contributed by atoms with van der Waals surface area (Å²) in [5.74, 6) is -0.319. The lowest BCUT2D eigenvalue weighted by Crippen LogP contribution is -2.54. The zero-order chi connectivity index (χ0) is 16.2. The van der Waals surface area contributed by atoms with Crippen molar-refractivity contribution in [3.63, 3.8) is 0 Å². The molecule has 0 aromatic rings. The first-order chi connectivity index (χ1) is 9.74. The SMILES string of the molecule is CCOC(=O)C(NC(=O)C1CSC(C)(C)N1C=O)C(C)C. The fraction of sp³-hybridized carbons (Fsp3) is 0.786. The number of thioether (sulfide) groups is 1. The maximum Gasteiger partial charge on any atom is 0.328 e. The van der Waals surface area contributed by atoms with Crippen LogP contribution in [-0.4, -0.2) is 52.5 Å². The summed E-state index contributed by atoms with van der Waals surface area (Å²) in [4.78, 5) is 36.6. The number of nitrogens with zero attached hydrogens (tertiary/aromatic N) is 1. The molecule has 1 aliphatic rings. The largest absolute Gasteiger partial charge is 0.464 e. The predicted octanol–water partition coefficient (Wildman–Crippen LogP) is 1.00. The van der Waals surface area contributed by atoms with Crippen LogP contribution in [0.5, 0.6) is 0 Å². The Morgan fingerprint density at radius 1 is 1.48 bits per heavy atom. The van der Waals surface area contributed by atoms with Gasteiger partial charge in [-0.1, -0.05) is 13.8 Å². The van der Waals surface area contributed by atoms with Gasteiger partial charge in [-0.3, -0.25) is 9.59 Å². The first-order valence-corrected chi connectivity index (χ1v) is 8.07. The molecule has 1 heterocycles. The number of hydrogen-bond donors (Lipinski definition) is 1. The fourth-order valence-corrected chi connectivity index (χ4v) is 3.39. The van der Waals surface area contributed by atoms with Crippen LogP contribution in [0.4, 0.5) is 0 Å². The van der Waals surface area contributed by atoms with E-state index in [1.807, 2.05) is 27.7 Å². The molecule has 6 nitrogen and oxygen atoms in total. The Balaban J connectivity index is 2.79. The summed E-state index contributed by atoms with van der Waals surface area (Å²) in [5.41, 5.74) is 0. The van der Waals surface area contributed by atoms with Gasteiger partial charge in [0.25, 0.3) is 0 Å². The van der Waals surface area contributed by atoms with E-state index in [9.17, 15) is 14.4 Å². The molecule has 2 amide bonds. The van der Waals surface area contributed by atoms with Crippen molar-refractivity contribution in [1.29, 1.82) is 0 Å². The van der Waals surface area contributed by atoms with Gasteiger partial charge in [-0.25, -0.2) is 4.79 Å². The highest BCUT2D eigenvalue weighted by molar-refractivity contribution is 8.00. The van der Waals surface area contributed by atoms with Crippen molar-refractivity contribution in [3.05, 3.63) is 0 Å². The van der Waals surface area contributed by atoms with Crippen LogP contribution in [-0.2, 0) is 19.1 Å². The van der Waals surface area contributed by atoms with Crippen LogP contribution in [0, 0.1) is 5.92 Å². The highest BCUT2D eigenvalue weighted by atomic mass is 32.2. The summed E-state index contributed by atoms with van der Waals surface area (Å²) in [6, 6.07) is -1.25. The van der Waals surface area contributed by atoms with Crippen LogP contribution in [0.25, 0.3) is 0 Å². The molecular formula is C14H24N2O4S. The molecule has 2 unspecified atom stereocenters. The predicted molar refractivity (Wildman–Crippen MR) is 81.6 cm³/mol. The first-order valence-electron chi connectivity index (χ1n) is 7.09. The monoisotopic (exact) mass is 316 g/mol. The standard InChI is InChI=1S/C14H24N2O4S/c1-6-20-13(19)11(9(2)3)15-12(18)10-7-21-14(4,5)16(10)8-17/h8-11H,6-7H2,1-5H3,(H,15,18). The van der Waals surface area contributed by atoms with E-state index in [-0.39, 0.29) is 18.4 Å². The lowest BCUT2D eigenvalue weighted by atomic mass is 10.0. The quantitative estimate of drug-likeness (QED) is 0.584. The van der Waals surface area contributed by atoms with Gasteiger partial charge in [-0.15, -0.1) is 11.8 Å². The van der Waals surface area contributed by atoms with E-state index in [2.05, 4.69) is 5.32 Å². The van der Waals surface area contributed by atoms with Gasteiger partial charge < -0.3 is 15.0 Å². The van der Waals surface area contributed by atoms with Crippen molar-refractivity contribution in [2.75, 3.05) is 12.4 Å². The van der Waals surface area contributed by atoms with E-state index in [4.69, 9.17) is 4.74 Å². The minimum Gasteiger partial charge on any atom is -0.464 e. The maximum absolute atomic E-state index is 12.4. The molecule has 1 fully saturated rings. The molecule has 7 heteroatoms. The van der Waals surface area contributed by atoms with Crippen molar-refractivity contribution in [1.82, 2.24) is 10.2 Å². The highest BCUT2D eigenvalue weighted by Gasteiger charge is 2.43. The minimum absolute atomic E-state index is 0.0836. The Labute approximate surface area is 130 Å². The average Bonchev–Trinajstić information content (AvgIpc) is 2.70. The van der Waals surface area contributed by atoms with E-state index >= 15 is 0 Å². The number of carbonyl (C=O) groups excluding carboxylic acids is 3. The number of rotatable bonds is 6. The Kier molecular flexibility index (Phi) is 6.07. The second-order valence-corrected chi connectivity index (χ2v) is 7.39. The lowest BCUT2D eigenvalue weighted by molar-refractivity contribution is -0.149.